The quantitative estimate of drug-likeness (QED) is 0.756. The third kappa shape index (κ3) is 3.25. The zero-order valence-corrected chi connectivity index (χ0v) is 14.2. The second-order valence-electron chi connectivity index (χ2n) is 6.16. The van der Waals surface area contributed by atoms with Crippen molar-refractivity contribution in [3.05, 3.63) is 59.7 Å². The van der Waals surface area contributed by atoms with E-state index in [1.165, 1.54) is 12.1 Å². The minimum absolute atomic E-state index is 0.0920. The van der Waals surface area contributed by atoms with Gasteiger partial charge in [-0.05, 0) is 35.9 Å². The molecule has 1 aliphatic heterocycles. The number of hydrogen-bond acceptors (Lipinski definition) is 4. The number of halogens is 1. The van der Waals surface area contributed by atoms with Crippen molar-refractivity contribution in [2.45, 2.75) is 6.54 Å². The van der Waals surface area contributed by atoms with Crippen LogP contribution in [0.1, 0.15) is 15.9 Å². The molecule has 26 heavy (non-hydrogen) atoms. The molecule has 0 unspecified atom stereocenters. The number of benzene rings is 1. The van der Waals surface area contributed by atoms with Crippen molar-refractivity contribution < 1.29 is 13.9 Å². The number of carbonyl (C=O) groups is 1. The number of amides is 1. The summed E-state index contributed by atoms with van der Waals surface area (Å²) in [6.45, 7) is 2.51. The lowest BCUT2D eigenvalue weighted by molar-refractivity contribution is 0.0300. The summed E-state index contributed by atoms with van der Waals surface area (Å²) in [6.07, 6.45) is 3.58. The van der Waals surface area contributed by atoms with E-state index in [0.717, 1.165) is 16.6 Å². The number of aromatic nitrogens is 2. The number of fused-ring (bicyclic) bond motifs is 1. The van der Waals surface area contributed by atoms with E-state index in [4.69, 9.17) is 4.74 Å². The fourth-order valence-corrected chi connectivity index (χ4v) is 3.10. The summed E-state index contributed by atoms with van der Waals surface area (Å²) < 4.78 is 19.7. The van der Waals surface area contributed by atoms with Crippen LogP contribution in [0.3, 0.4) is 0 Å². The number of morpholine rings is 1. The second-order valence-corrected chi connectivity index (χ2v) is 6.16. The predicted octanol–water partition coefficient (Wildman–Crippen LogP) is 2.79. The van der Waals surface area contributed by atoms with Gasteiger partial charge in [0.25, 0.3) is 5.91 Å². The molecule has 1 amide bonds. The van der Waals surface area contributed by atoms with Gasteiger partial charge < -0.3 is 19.9 Å². The summed E-state index contributed by atoms with van der Waals surface area (Å²) in [6, 6.07) is 8.52. The van der Waals surface area contributed by atoms with E-state index >= 15 is 0 Å². The minimum Gasteiger partial charge on any atom is -0.381 e. The molecular formula is C19H19FN4O2. The van der Waals surface area contributed by atoms with Gasteiger partial charge in [0, 0.05) is 43.1 Å². The predicted molar refractivity (Wildman–Crippen MR) is 96.5 cm³/mol. The summed E-state index contributed by atoms with van der Waals surface area (Å²) in [5, 5.41) is 4.23. The maximum atomic E-state index is 14.5. The van der Waals surface area contributed by atoms with Gasteiger partial charge in [0.1, 0.15) is 11.5 Å². The summed E-state index contributed by atoms with van der Waals surface area (Å²) >= 11 is 0. The molecule has 6 nitrogen and oxygen atoms in total. The third-order valence-corrected chi connectivity index (χ3v) is 4.53. The number of ether oxygens (including phenoxy) is 1. The normalized spacial score (nSPS) is 14.6. The highest BCUT2D eigenvalue weighted by molar-refractivity contribution is 5.95. The number of nitrogens with one attached hydrogen (secondary N) is 2. The van der Waals surface area contributed by atoms with Crippen LogP contribution in [0.5, 0.6) is 0 Å². The fourth-order valence-electron chi connectivity index (χ4n) is 3.10. The molecule has 0 atom stereocenters. The average Bonchev–Trinajstić information content (AvgIpc) is 3.16. The van der Waals surface area contributed by atoms with Gasteiger partial charge in [0.2, 0.25) is 0 Å². The largest absolute Gasteiger partial charge is 0.381 e. The fraction of sp³-hybridized carbons (Fsp3) is 0.263. The third-order valence-electron chi connectivity index (χ3n) is 4.53. The van der Waals surface area contributed by atoms with Crippen molar-refractivity contribution in [3.8, 4) is 0 Å². The number of hydrogen-bond donors (Lipinski definition) is 2. The molecule has 1 aliphatic rings. The van der Waals surface area contributed by atoms with E-state index in [1.807, 2.05) is 18.3 Å². The average molecular weight is 354 g/mol. The van der Waals surface area contributed by atoms with E-state index in [0.29, 0.717) is 38.5 Å². The van der Waals surface area contributed by atoms with Crippen LogP contribution in [0.2, 0.25) is 0 Å². The Labute approximate surface area is 150 Å². The molecule has 7 heteroatoms. The molecule has 0 radical (unpaired) electrons. The molecule has 3 aromatic rings. The molecular weight excluding hydrogens is 335 g/mol. The molecule has 3 heterocycles. The SMILES string of the molecule is O=C(c1ccc(NCc2ccnc3[nH]ccc23)cc1F)N1CCOCC1. The first kappa shape index (κ1) is 16.5. The molecule has 2 N–H and O–H groups in total. The van der Waals surface area contributed by atoms with Crippen molar-refractivity contribution in [3.63, 3.8) is 0 Å². The van der Waals surface area contributed by atoms with Crippen molar-refractivity contribution in [1.82, 2.24) is 14.9 Å². The first-order chi connectivity index (χ1) is 12.7. The van der Waals surface area contributed by atoms with Crippen LogP contribution >= 0.6 is 0 Å². The molecule has 1 saturated heterocycles. The lowest BCUT2D eigenvalue weighted by Crippen LogP contribution is -2.41. The molecule has 1 fully saturated rings. The van der Waals surface area contributed by atoms with Gasteiger partial charge in [-0.3, -0.25) is 4.79 Å². The Morgan fingerprint density at radius 1 is 1.27 bits per heavy atom. The van der Waals surface area contributed by atoms with Crippen LogP contribution < -0.4 is 5.32 Å². The van der Waals surface area contributed by atoms with Crippen LogP contribution in [0, 0.1) is 5.82 Å². The number of anilines is 1. The Kier molecular flexibility index (Phi) is 4.53. The van der Waals surface area contributed by atoms with E-state index in [1.54, 1.807) is 17.2 Å². The minimum atomic E-state index is -0.520. The first-order valence-corrected chi connectivity index (χ1v) is 8.54. The van der Waals surface area contributed by atoms with E-state index in [-0.39, 0.29) is 11.5 Å². The number of rotatable bonds is 4. The number of carbonyl (C=O) groups excluding carboxylic acids is 1. The Morgan fingerprint density at radius 2 is 2.12 bits per heavy atom. The summed E-state index contributed by atoms with van der Waals surface area (Å²) in [4.78, 5) is 21.4. The van der Waals surface area contributed by atoms with Gasteiger partial charge in [-0.1, -0.05) is 0 Å². The van der Waals surface area contributed by atoms with E-state index in [2.05, 4.69) is 15.3 Å². The lowest BCUT2D eigenvalue weighted by Gasteiger charge is -2.27. The molecule has 4 rings (SSSR count). The molecule has 0 bridgehead atoms. The highest BCUT2D eigenvalue weighted by Crippen LogP contribution is 2.20. The molecule has 134 valence electrons. The summed E-state index contributed by atoms with van der Waals surface area (Å²) in [7, 11) is 0. The summed E-state index contributed by atoms with van der Waals surface area (Å²) in [5.41, 5.74) is 2.60. The van der Waals surface area contributed by atoms with E-state index < -0.39 is 5.82 Å². The number of aromatic amines is 1. The number of pyridine rings is 1. The Morgan fingerprint density at radius 3 is 2.92 bits per heavy atom. The monoisotopic (exact) mass is 354 g/mol. The topological polar surface area (TPSA) is 70.2 Å². The van der Waals surface area contributed by atoms with Crippen molar-refractivity contribution in [2.75, 3.05) is 31.6 Å². The van der Waals surface area contributed by atoms with Crippen LogP contribution in [-0.2, 0) is 11.3 Å². The zero-order valence-electron chi connectivity index (χ0n) is 14.2. The maximum absolute atomic E-state index is 14.5. The van der Waals surface area contributed by atoms with Crippen LogP contribution in [0.15, 0.2) is 42.7 Å². The second kappa shape index (κ2) is 7.13. The Bertz CT molecular complexity index is 934. The molecule has 2 aromatic heterocycles. The van der Waals surface area contributed by atoms with Crippen molar-refractivity contribution in [2.24, 2.45) is 0 Å². The van der Waals surface area contributed by atoms with Gasteiger partial charge in [-0.15, -0.1) is 0 Å². The van der Waals surface area contributed by atoms with Gasteiger partial charge in [-0.2, -0.15) is 0 Å². The smallest absolute Gasteiger partial charge is 0.256 e. The van der Waals surface area contributed by atoms with Crippen molar-refractivity contribution >= 4 is 22.6 Å². The van der Waals surface area contributed by atoms with Gasteiger partial charge in [0.05, 0.1) is 18.8 Å². The lowest BCUT2D eigenvalue weighted by atomic mass is 10.1. The van der Waals surface area contributed by atoms with Crippen LogP contribution in [-0.4, -0.2) is 47.1 Å². The Balaban J connectivity index is 1.47. The summed E-state index contributed by atoms with van der Waals surface area (Å²) in [5.74, 6) is -0.812. The molecule has 0 saturated carbocycles. The van der Waals surface area contributed by atoms with Gasteiger partial charge in [0.15, 0.2) is 0 Å². The molecule has 0 spiro atoms. The van der Waals surface area contributed by atoms with Gasteiger partial charge >= 0.3 is 0 Å². The highest BCUT2D eigenvalue weighted by Gasteiger charge is 2.21. The number of H-pyrrole nitrogens is 1. The maximum Gasteiger partial charge on any atom is 0.256 e. The zero-order chi connectivity index (χ0) is 17.9. The Hall–Kier alpha value is -2.93. The van der Waals surface area contributed by atoms with Crippen LogP contribution in [0.4, 0.5) is 10.1 Å². The van der Waals surface area contributed by atoms with Gasteiger partial charge in [-0.25, -0.2) is 9.37 Å². The van der Waals surface area contributed by atoms with Crippen LogP contribution in [0.25, 0.3) is 11.0 Å². The number of nitrogens with zero attached hydrogens (tertiary/aromatic N) is 2. The highest BCUT2D eigenvalue weighted by atomic mass is 19.1. The van der Waals surface area contributed by atoms with Crippen molar-refractivity contribution in [1.29, 1.82) is 0 Å². The van der Waals surface area contributed by atoms with E-state index in [9.17, 15) is 9.18 Å². The molecule has 0 aliphatic carbocycles. The standard InChI is InChI=1S/C19H19FN4O2/c20-17-11-14(1-2-16(17)19(25)24-7-9-26-10-8-24)23-12-13-3-5-21-18-15(13)4-6-22-18/h1-6,11,23H,7-10,12H2,(H,21,22). The molecule has 1 aromatic carbocycles. The first-order valence-electron chi connectivity index (χ1n) is 8.54.